The monoisotopic (exact) mass is 176 g/mol. The van der Waals surface area contributed by atoms with Gasteiger partial charge in [-0.15, -0.1) is 0 Å². The van der Waals surface area contributed by atoms with Crippen molar-refractivity contribution in [2.24, 2.45) is 0 Å². The van der Waals surface area contributed by atoms with E-state index in [4.69, 9.17) is 13.6 Å². The first-order valence-electron chi connectivity index (χ1n) is 3.70. The van der Waals surface area contributed by atoms with Crippen molar-refractivity contribution in [2.45, 2.75) is 26.4 Å². The average Bonchev–Trinajstić information content (AvgIpc) is 2.01. The van der Waals surface area contributed by atoms with E-state index in [1.54, 1.807) is 6.26 Å². The van der Waals surface area contributed by atoms with Gasteiger partial charge in [0.1, 0.15) is 0 Å². The van der Waals surface area contributed by atoms with Crippen LogP contribution in [0.15, 0.2) is 12.3 Å². The van der Waals surface area contributed by atoms with Crippen LogP contribution in [0.4, 0.5) is 0 Å². The van der Waals surface area contributed by atoms with Crippen LogP contribution in [0.5, 0.6) is 0 Å². The van der Waals surface area contributed by atoms with Gasteiger partial charge in [0, 0.05) is 0 Å². The molecule has 1 rings (SSSR count). The molecule has 1 aliphatic rings. The summed E-state index contributed by atoms with van der Waals surface area (Å²) in [5, 5.41) is 0. The zero-order valence-electron chi connectivity index (χ0n) is 6.82. The molecule has 4 heteroatoms. The van der Waals surface area contributed by atoms with Gasteiger partial charge in [-0.25, -0.2) is 0 Å². The third kappa shape index (κ3) is 3.19. The third-order valence-corrected chi connectivity index (χ3v) is 2.49. The highest BCUT2D eigenvalue weighted by molar-refractivity contribution is 7.41. The van der Waals surface area contributed by atoms with Gasteiger partial charge in [0.15, 0.2) is 0 Å². The molecule has 0 bridgehead atoms. The summed E-state index contributed by atoms with van der Waals surface area (Å²) in [5.74, 6) is 0. The lowest BCUT2D eigenvalue weighted by Gasteiger charge is -2.24. The molecule has 64 valence electrons. The Kier molecular flexibility index (Phi) is 3.84. The molecular formula is C7H13O3P. The molecule has 1 fully saturated rings. The summed E-state index contributed by atoms with van der Waals surface area (Å²) in [4.78, 5) is 0. The maximum absolute atomic E-state index is 5.36. The summed E-state index contributed by atoms with van der Waals surface area (Å²) in [6.07, 6.45) is 4.64. The van der Waals surface area contributed by atoms with Crippen molar-refractivity contribution in [3.8, 4) is 0 Å². The minimum atomic E-state index is -1.10. The van der Waals surface area contributed by atoms with Crippen LogP contribution in [-0.4, -0.2) is 12.7 Å². The highest BCUT2D eigenvalue weighted by atomic mass is 31.2. The van der Waals surface area contributed by atoms with Crippen LogP contribution in [0.1, 0.15) is 20.3 Å². The van der Waals surface area contributed by atoms with E-state index in [0.717, 1.165) is 13.0 Å². The second-order valence-corrected chi connectivity index (χ2v) is 3.46. The summed E-state index contributed by atoms with van der Waals surface area (Å²) in [6, 6.07) is 0. The zero-order valence-corrected chi connectivity index (χ0v) is 7.71. The number of rotatable bonds is 2. The smallest absolute Gasteiger partial charge is 0.396 e. The van der Waals surface area contributed by atoms with Crippen LogP contribution in [0.25, 0.3) is 0 Å². The number of hydrogen-bond acceptors (Lipinski definition) is 3. The number of hydrogen-bond donors (Lipinski definition) is 0. The Bertz CT molecular complexity index is 138. The van der Waals surface area contributed by atoms with Gasteiger partial charge < -0.3 is 9.05 Å². The van der Waals surface area contributed by atoms with Gasteiger partial charge in [-0.1, -0.05) is 6.08 Å². The first-order valence-corrected chi connectivity index (χ1v) is 4.80. The summed E-state index contributed by atoms with van der Waals surface area (Å²) >= 11 is 0. The minimum Gasteiger partial charge on any atom is -0.435 e. The summed E-state index contributed by atoms with van der Waals surface area (Å²) < 4.78 is 15.7. The van der Waals surface area contributed by atoms with Crippen molar-refractivity contribution in [1.82, 2.24) is 0 Å². The van der Waals surface area contributed by atoms with Crippen molar-refractivity contribution >= 4 is 8.60 Å². The molecule has 2 atom stereocenters. The van der Waals surface area contributed by atoms with E-state index < -0.39 is 8.60 Å². The van der Waals surface area contributed by atoms with Crippen LogP contribution in [-0.2, 0) is 13.6 Å². The Morgan fingerprint density at radius 2 is 2.45 bits per heavy atom. The predicted molar refractivity (Wildman–Crippen MR) is 43.9 cm³/mol. The maximum atomic E-state index is 5.36. The van der Waals surface area contributed by atoms with Gasteiger partial charge in [-0.05, 0) is 20.3 Å². The van der Waals surface area contributed by atoms with E-state index in [1.807, 2.05) is 19.9 Å². The molecule has 0 aliphatic carbocycles. The molecule has 0 aromatic carbocycles. The van der Waals surface area contributed by atoms with Crippen molar-refractivity contribution in [3.63, 3.8) is 0 Å². The molecule has 3 nitrogen and oxygen atoms in total. The molecule has 1 heterocycles. The Balaban J connectivity index is 2.22. The van der Waals surface area contributed by atoms with Gasteiger partial charge >= 0.3 is 8.60 Å². The third-order valence-electron chi connectivity index (χ3n) is 1.27. The van der Waals surface area contributed by atoms with Gasteiger partial charge in [-0.3, -0.25) is 4.52 Å². The summed E-state index contributed by atoms with van der Waals surface area (Å²) in [5.41, 5.74) is 0. The molecule has 0 spiro atoms. The molecule has 0 aromatic rings. The molecule has 0 radical (unpaired) electrons. The Morgan fingerprint density at radius 1 is 1.64 bits per heavy atom. The average molecular weight is 176 g/mol. The van der Waals surface area contributed by atoms with Gasteiger partial charge in [0.05, 0.1) is 19.0 Å². The highest BCUT2D eigenvalue weighted by Gasteiger charge is 2.21. The quantitative estimate of drug-likeness (QED) is 0.478. The molecular weight excluding hydrogens is 163 g/mol. The van der Waals surface area contributed by atoms with E-state index >= 15 is 0 Å². The summed E-state index contributed by atoms with van der Waals surface area (Å²) in [6.45, 7) is 4.66. The van der Waals surface area contributed by atoms with E-state index in [-0.39, 0.29) is 6.10 Å². The van der Waals surface area contributed by atoms with Gasteiger partial charge in [0.25, 0.3) is 0 Å². The second-order valence-electron chi connectivity index (χ2n) is 2.34. The van der Waals surface area contributed by atoms with E-state index in [0.29, 0.717) is 0 Å². The van der Waals surface area contributed by atoms with E-state index in [1.165, 1.54) is 0 Å². The lowest BCUT2D eigenvalue weighted by molar-refractivity contribution is 0.0866. The van der Waals surface area contributed by atoms with Crippen LogP contribution in [0, 0.1) is 0 Å². The number of allylic oxidation sites excluding steroid dienone is 1. The van der Waals surface area contributed by atoms with Crippen molar-refractivity contribution < 1.29 is 13.6 Å². The van der Waals surface area contributed by atoms with Crippen LogP contribution >= 0.6 is 8.60 Å². The fourth-order valence-electron chi connectivity index (χ4n) is 0.689. The molecule has 0 amide bonds. The van der Waals surface area contributed by atoms with Crippen LogP contribution in [0.2, 0.25) is 0 Å². The van der Waals surface area contributed by atoms with Crippen molar-refractivity contribution in [1.29, 1.82) is 0 Å². The zero-order chi connectivity index (χ0) is 8.10. The first kappa shape index (κ1) is 8.98. The van der Waals surface area contributed by atoms with Crippen LogP contribution in [0.3, 0.4) is 0 Å². The fourth-order valence-corrected chi connectivity index (χ4v) is 1.74. The largest absolute Gasteiger partial charge is 0.435 e. The minimum absolute atomic E-state index is 0.264. The molecule has 11 heavy (non-hydrogen) atoms. The van der Waals surface area contributed by atoms with Crippen molar-refractivity contribution in [3.05, 3.63) is 12.3 Å². The summed E-state index contributed by atoms with van der Waals surface area (Å²) in [7, 11) is -1.10. The lowest BCUT2D eigenvalue weighted by atomic mass is 10.3. The standard InChI is InChI=1S/C7H13O3P/c1-3-5-8-11-9-6-4-7(2)10-11/h3,5,7H,4,6H2,1-2H3. The predicted octanol–water partition coefficient (Wildman–Crippen LogP) is 2.59. The molecule has 1 aliphatic heterocycles. The van der Waals surface area contributed by atoms with Crippen molar-refractivity contribution in [2.75, 3.05) is 6.61 Å². The Morgan fingerprint density at radius 3 is 3.09 bits per heavy atom. The molecule has 0 aromatic heterocycles. The normalized spacial score (nSPS) is 32.5. The van der Waals surface area contributed by atoms with Crippen LogP contribution < -0.4 is 0 Å². The molecule has 1 saturated heterocycles. The van der Waals surface area contributed by atoms with Gasteiger partial charge in [-0.2, -0.15) is 0 Å². The fraction of sp³-hybridized carbons (Fsp3) is 0.714. The van der Waals surface area contributed by atoms with E-state index in [9.17, 15) is 0 Å². The lowest BCUT2D eigenvalue weighted by Crippen LogP contribution is -2.14. The first-order chi connectivity index (χ1) is 5.33. The maximum Gasteiger partial charge on any atom is 0.396 e. The Labute approximate surface area is 68.3 Å². The molecule has 2 unspecified atom stereocenters. The SMILES string of the molecule is CC=COP1OCCC(C)O1. The second kappa shape index (κ2) is 4.70. The Hall–Kier alpha value is -0.110. The molecule has 0 N–H and O–H groups in total. The topological polar surface area (TPSA) is 27.7 Å². The molecule has 0 saturated carbocycles. The highest BCUT2D eigenvalue weighted by Crippen LogP contribution is 2.44. The van der Waals surface area contributed by atoms with Gasteiger partial charge in [0.2, 0.25) is 0 Å². The van der Waals surface area contributed by atoms with E-state index in [2.05, 4.69) is 0 Å².